The van der Waals surface area contributed by atoms with Crippen LogP contribution in [0.1, 0.15) is 11.1 Å². The number of aliphatic hydroxyl groups is 1. The number of aromatic nitrogens is 2. The predicted molar refractivity (Wildman–Crippen MR) is 107 cm³/mol. The molecule has 0 unspecified atom stereocenters. The van der Waals surface area contributed by atoms with E-state index in [9.17, 15) is 20.3 Å². The molecule has 0 aliphatic carbocycles. The number of hydrogen-bond donors (Lipinski definition) is 3. The van der Waals surface area contributed by atoms with Gasteiger partial charge in [-0.15, -0.1) is 0 Å². The van der Waals surface area contributed by atoms with Crippen LogP contribution in [0.5, 0.6) is 5.75 Å². The van der Waals surface area contributed by atoms with E-state index >= 15 is 0 Å². The summed E-state index contributed by atoms with van der Waals surface area (Å²) in [5.41, 5.74) is 2.42. The van der Waals surface area contributed by atoms with E-state index in [-0.39, 0.29) is 17.3 Å². The van der Waals surface area contributed by atoms with Crippen LogP contribution < -0.4 is 5.56 Å². The number of pyridine rings is 1. The minimum Gasteiger partial charge on any atom is -0.504 e. The topological polar surface area (TPSA) is 102 Å². The van der Waals surface area contributed by atoms with Crippen molar-refractivity contribution in [2.75, 3.05) is 0 Å². The molecule has 0 saturated carbocycles. The lowest BCUT2D eigenvalue weighted by Gasteiger charge is -2.14. The highest BCUT2D eigenvalue weighted by Gasteiger charge is 2.20. The van der Waals surface area contributed by atoms with Crippen molar-refractivity contribution in [3.8, 4) is 28.6 Å². The van der Waals surface area contributed by atoms with Crippen molar-refractivity contribution >= 4 is 22.6 Å². The largest absolute Gasteiger partial charge is 0.504 e. The first kappa shape index (κ1) is 17.9. The summed E-state index contributed by atoms with van der Waals surface area (Å²) in [4.78, 5) is 14.5. The van der Waals surface area contributed by atoms with Crippen molar-refractivity contribution in [2.45, 2.75) is 6.61 Å². The Hall–Kier alpha value is -3.53. The maximum absolute atomic E-state index is 11.9. The quantitative estimate of drug-likeness (QED) is 0.495. The molecule has 28 heavy (non-hydrogen) atoms. The van der Waals surface area contributed by atoms with Crippen molar-refractivity contribution in [3.63, 3.8) is 0 Å². The van der Waals surface area contributed by atoms with Gasteiger partial charge >= 0.3 is 0 Å². The Morgan fingerprint density at radius 1 is 1.11 bits per heavy atom. The van der Waals surface area contributed by atoms with E-state index in [0.29, 0.717) is 16.8 Å². The second-order valence-corrected chi connectivity index (χ2v) is 6.61. The minimum absolute atomic E-state index is 0.198. The number of aromatic amines is 1. The molecule has 0 spiro atoms. The maximum Gasteiger partial charge on any atom is 0.270 e. The summed E-state index contributed by atoms with van der Waals surface area (Å²) in [6.45, 7) is -0.263. The van der Waals surface area contributed by atoms with E-state index in [1.165, 1.54) is 10.6 Å². The van der Waals surface area contributed by atoms with Gasteiger partial charge in [0.15, 0.2) is 11.3 Å². The Labute approximate surface area is 164 Å². The number of nitrogens with zero attached hydrogens (tertiary/aromatic N) is 2. The van der Waals surface area contributed by atoms with Gasteiger partial charge in [-0.25, -0.2) is 0 Å². The van der Waals surface area contributed by atoms with E-state index in [4.69, 9.17) is 11.6 Å². The minimum atomic E-state index is -0.692. The van der Waals surface area contributed by atoms with Gasteiger partial charge in [-0.2, -0.15) is 5.26 Å². The van der Waals surface area contributed by atoms with Gasteiger partial charge in [-0.1, -0.05) is 48.0 Å². The molecule has 3 N–H and O–H groups in total. The smallest absolute Gasteiger partial charge is 0.270 e. The number of benzene rings is 2. The number of nitriles is 1. The fraction of sp³-hybridized carbons (Fsp3) is 0.0476. The zero-order valence-electron chi connectivity index (χ0n) is 14.5. The molecule has 0 aliphatic heterocycles. The van der Waals surface area contributed by atoms with E-state index in [0.717, 1.165) is 11.1 Å². The lowest BCUT2D eigenvalue weighted by Crippen LogP contribution is -2.10. The highest BCUT2D eigenvalue weighted by Crippen LogP contribution is 2.35. The van der Waals surface area contributed by atoms with Crippen LogP contribution in [0.25, 0.3) is 27.8 Å². The average Bonchev–Trinajstić information content (AvgIpc) is 3.04. The fourth-order valence-corrected chi connectivity index (χ4v) is 3.58. The van der Waals surface area contributed by atoms with Gasteiger partial charge in [-0.05, 0) is 29.3 Å². The molecule has 2 aromatic carbocycles. The van der Waals surface area contributed by atoms with Crippen LogP contribution in [0.4, 0.5) is 0 Å². The van der Waals surface area contributed by atoms with Crippen molar-refractivity contribution < 1.29 is 10.2 Å². The summed E-state index contributed by atoms with van der Waals surface area (Å²) in [7, 11) is 0. The third-order valence-electron chi connectivity index (χ3n) is 4.60. The first-order valence-corrected chi connectivity index (χ1v) is 8.78. The predicted octanol–water partition coefficient (Wildman–Crippen LogP) is 3.71. The van der Waals surface area contributed by atoms with Gasteiger partial charge in [0, 0.05) is 5.56 Å². The second-order valence-electron chi connectivity index (χ2n) is 6.22. The Morgan fingerprint density at radius 3 is 2.54 bits per heavy atom. The molecule has 7 heteroatoms. The zero-order valence-corrected chi connectivity index (χ0v) is 15.2. The summed E-state index contributed by atoms with van der Waals surface area (Å²) < 4.78 is 1.50. The fourth-order valence-electron chi connectivity index (χ4n) is 3.30. The Bertz CT molecular complexity index is 1300. The van der Waals surface area contributed by atoms with Crippen molar-refractivity contribution in [3.05, 3.63) is 81.2 Å². The number of halogens is 1. The molecule has 0 amide bonds. The Morgan fingerprint density at radius 2 is 1.86 bits per heavy atom. The summed E-state index contributed by atoms with van der Waals surface area (Å²) >= 11 is 6.37. The summed E-state index contributed by atoms with van der Waals surface area (Å²) in [5, 5.41) is 29.8. The van der Waals surface area contributed by atoms with Crippen LogP contribution in [-0.2, 0) is 6.61 Å². The van der Waals surface area contributed by atoms with Crippen molar-refractivity contribution in [1.29, 1.82) is 5.26 Å². The van der Waals surface area contributed by atoms with Crippen molar-refractivity contribution in [2.24, 2.45) is 0 Å². The number of rotatable bonds is 3. The van der Waals surface area contributed by atoms with E-state index < -0.39 is 16.9 Å². The lowest BCUT2D eigenvalue weighted by atomic mass is 10.0. The molecule has 0 radical (unpaired) electrons. The molecular formula is C21H14ClN3O3. The van der Waals surface area contributed by atoms with Crippen LogP contribution in [0.15, 0.2) is 59.4 Å². The second kappa shape index (κ2) is 6.89. The third kappa shape index (κ3) is 2.74. The monoisotopic (exact) mass is 391 g/mol. The Balaban J connectivity index is 2.00. The number of hydrogen-bond acceptors (Lipinski definition) is 4. The van der Waals surface area contributed by atoms with Crippen LogP contribution >= 0.6 is 11.6 Å². The molecule has 6 nitrogen and oxygen atoms in total. The van der Waals surface area contributed by atoms with E-state index in [1.807, 2.05) is 42.5 Å². The molecule has 2 heterocycles. The Kier molecular flexibility index (Phi) is 4.40. The average molecular weight is 392 g/mol. The van der Waals surface area contributed by atoms with Gasteiger partial charge in [0.1, 0.15) is 16.7 Å². The molecule has 0 saturated heterocycles. The number of aliphatic hydroxyl groups excluding tert-OH is 1. The first-order chi connectivity index (χ1) is 13.5. The van der Waals surface area contributed by atoms with Crippen molar-refractivity contribution in [1.82, 2.24) is 9.55 Å². The van der Waals surface area contributed by atoms with Crippen LogP contribution in [-0.4, -0.2) is 19.8 Å². The highest BCUT2D eigenvalue weighted by molar-refractivity contribution is 6.31. The molecule has 2 aromatic heterocycles. The van der Waals surface area contributed by atoms with Gasteiger partial charge in [0.05, 0.1) is 17.8 Å². The number of H-pyrrole nitrogens is 1. The SMILES string of the molecule is N#Cc1c(O)c2c(cc(Cl)n2-c2ccc(-c3ccccc3)cc2CO)[nH]c1=O. The number of aromatic hydroxyl groups is 1. The molecule has 0 bridgehead atoms. The van der Waals surface area contributed by atoms with Gasteiger partial charge in [0.25, 0.3) is 5.56 Å². The molecule has 0 fully saturated rings. The summed E-state index contributed by atoms with van der Waals surface area (Å²) in [6.07, 6.45) is 0. The molecule has 138 valence electrons. The van der Waals surface area contributed by atoms with E-state index in [1.54, 1.807) is 12.1 Å². The van der Waals surface area contributed by atoms with Gasteiger partial charge < -0.3 is 15.2 Å². The summed E-state index contributed by atoms with van der Waals surface area (Å²) in [6, 6.07) is 18.4. The molecule has 0 atom stereocenters. The third-order valence-corrected chi connectivity index (χ3v) is 4.88. The molecule has 0 aliphatic rings. The van der Waals surface area contributed by atoms with Crippen LogP contribution in [0.2, 0.25) is 5.15 Å². The first-order valence-electron chi connectivity index (χ1n) is 8.41. The van der Waals surface area contributed by atoms with Gasteiger partial charge in [-0.3, -0.25) is 9.36 Å². The van der Waals surface area contributed by atoms with Crippen LogP contribution in [0, 0.1) is 11.3 Å². The van der Waals surface area contributed by atoms with E-state index in [2.05, 4.69) is 4.98 Å². The van der Waals surface area contributed by atoms with Gasteiger partial charge in [0.2, 0.25) is 0 Å². The molecule has 4 rings (SSSR count). The van der Waals surface area contributed by atoms with Crippen LogP contribution in [0.3, 0.4) is 0 Å². The highest BCUT2D eigenvalue weighted by atomic mass is 35.5. The maximum atomic E-state index is 11.9. The zero-order chi connectivity index (χ0) is 19.8. The number of fused-ring (bicyclic) bond motifs is 1. The molecule has 4 aromatic rings. The molecular weight excluding hydrogens is 378 g/mol. The lowest BCUT2D eigenvalue weighted by molar-refractivity contribution is 0.281. The standard InChI is InChI=1S/C21H14ClN3O3/c22-18-9-16-19(20(27)15(10-23)21(28)24-16)25(18)17-7-6-13(8-14(17)11-26)12-4-2-1-3-5-12/h1-9,26H,11H2,(H2,24,27,28). The normalized spacial score (nSPS) is 10.9. The summed E-state index contributed by atoms with van der Waals surface area (Å²) in [5.74, 6) is -0.454. The number of nitrogens with one attached hydrogen (secondary N) is 1.